The first-order valence-electron chi connectivity index (χ1n) is 16.2. The third-order valence-corrected chi connectivity index (χ3v) is 9.30. The number of rotatable bonds is 16. The molecule has 49 heavy (non-hydrogen) atoms. The monoisotopic (exact) mass is 688 g/mol. The fourth-order valence-electron chi connectivity index (χ4n) is 5.62. The molecule has 0 spiro atoms. The van der Waals surface area contributed by atoms with Crippen LogP contribution in [0.25, 0.3) is 0 Å². The molecule has 258 valence electrons. The maximum absolute atomic E-state index is 13.0. The Bertz CT molecular complexity index is 1730. The lowest BCUT2D eigenvalue weighted by atomic mass is 10.0. The van der Waals surface area contributed by atoms with Crippen LogP contribution < -0.4 is 25.0 Å². The summed E-state index contributed by atoms with van der Waals surface area (Å²) in [4.78, 5) is 43.7. The van der Waals surface area contributed by atoms with Crippen molar-refractivity contribution in [3.05, 3.63) is 78.0 Å². The molecule has 2 N–H and O–H groups in total. The average molecular weight is 689 g/mol. The Balaban J connectivity index is 0.806. The number of anilines is 3. The number of hydrogen-bond donors (Lipinski definition) is 2. The number of nitrogens with zero attached hydrogens (tertiary/aromatic N) is 2. The van der Waals surface area contributed by atoms with Gasteiger partial charge in [-0.3, -0.25) is 19.3 Å². The van der Waals surface area contributed by atoms with Gasteiger partial charge in [-0.25, -0.2) is 0 Å². The summed E-state index contributed by atoms with van der Waals surface area (Å²) in [6, 6.07) is 16.3. The number of nitrogens with one attached hydrogen (secondary N) is 2. The second kappa shape index (κ2) is 15.8. The van der Waals surface area contributed by atoms with Gasteiger partial charge < -0.3 is 39.2 Å². The van der Waals surface area contributed by atoms with E-state index in [2.05, 4.69) is 40.3 Å². The second-order valence-electron chi connectivity index (χ2n) is 11.8. The van der Waals surface area contributed by atoms with Crippen LogP contribution in [0, 0.1) is 0 Å². The van der Waals surface area contributed by atoms with E-state index in [-0.39, 0.29) is 17.7 Å². The molecule has 3 amide bonds. The van der Waals surface area contributed by atoms with E-state index in [9.17, 15) is 14.4 Å². The van der Waals surface area contributed by atoms with Crippen molar-refractivity contribution >= 4 is 46.5 Å². The van der Waals surface area contributed by atoms with Crippen molar-refractivity contribution in [2.24, 2.45) is 0 Å². The Morgan fingerprint density at radius 3 is 1.96 bits per heavy atom. The maximum atomic E-state index is 13.0. The van der Waals surface area contributed by atoms with Crippen LogP contribution in [-0.2, 0) is 19.0 Å². The van der Waals surface area contributed by atoms with Crippen LogP contribution in [-0.4, -0.2) is 95.6 Å². The Hall–Kier alpha value is -4.56. The smallest absolute Gasteiger partial charge is 0.262 e. The van der Waals surface area contributed by atoms with Gasteiger partial charge in [0.2, 0.25) is 5.91 Å². The summed E-state index contributed by atoms with van der Waals surface area (Å²) in [7, 11) is 4.07. The van der Waals surface area contributed by atoms with E-state index in [1.165, 1.54) is 11.0 Å². The summed E-state index contributed by atoms with van der Waals surface area (Å²) < 4.78 is 28.4. The zero-order chi connectivity index (χ0) is 34.3. The molecule has 1 saturated heterocycles. The highest BCUT2D eigenvalue weighted by Crippen LogP contribution is 2.46. The van der Waals surface area contributed by atoms with Gasteiger partial charge in [-0.1, -0.05) is 18.3 Å². The minimum atomic E-state index is -0.849. The fraction of sp³-hybridized carbons (Fsp3) is 0.361. The van der Waals surface area contributed by atoms with Crippen molar-refractivity contribution in [3.63, 3.8) is 0 Å². The summed E-state index contributed by atoms with van der Waals surface area (Å²) in [5, 5.41) is 6.12. The third kappa shape index (κ3) is 8.19. The van der Waals surface area contributed by atoms with Gasteiger partial charge in [0.15, 0.2) is 0 Å². The molecule has 1 atom stereocenters. The predicted octanol–water partition coefficient (Wildman–Crippen LogP) is 4.86. The molecule has 6 rings (SSSR count). The highest BCUT2D eigenvalue weighted by molar-refractivity contribution is 7.99. The highest BCUT2D eigenvalue weighted by Gasteiger charge is 2.44. The Morgan fingerprint density at radius 1 is 0.735 bits per heavy atom. The van der Waals surface area contributed by atoms with E-state index >= 15 is 0 Å². The maximum Gasteiger partial charge on any atom is 0.262 e. The number of benzene rings is 3. The number of amides is 3. The van der Waals surface area contributed by atoms with E-state index in [0.717, 1.165) is 32.6 Å². The summed E-state index contributed by atoms with van der Waals surface area (Å²) in [5.41, 5.74) is 4.40. The molecule has 1 unspecified atom stereocenters. The molecule has 3 aromatic carbocycles. The van der Waals surface area contributed by atoms with Crippen molar-refractivity contribution in [2.75, 3.05) is 77.2 Å². The van der Waals surface area contributed by atoms with Crippen LogP contribution in [0.5, 0.6) is 11.5 Å². The van der Waals surface area contributed by atoms with Gasteiger partial charge in [-0.2, -0.15) is 0 Å². The molecule has 13 heteroatoms. The Morgan fingerprint density at radius 2 is 1.31 bits per heavy atom. The van der Waals surface area contributed by atoms with E-state index in [0.29, 0.717) is 70.5 Å². The summed E-state index contributed by atoms with van der Waals surface area (Å²) in [6.45, 7) is 6.88. The number of piperidine rings is 1. The molecule has 0 aliphatic carbocycles. The summed E-state index contributed by atoms with van der Waals surface area (Å²) in [6.07, 6.45) is 0.863. The van der Waals surface area contributed by atoms with Crippen LogP contribution >= 0.6 is 11.8 Å². The van der Waals surface area contributed by atoms with Crippen LogP contribution in [0.1, 0.15) is 33.6 Å². The molecule has 12 nitrogen and oxygen atoms in total. The van der Waals surface area contributed by atoms with Crippen LogP contribution in [0.4, 0.5) is 17.1 Å². The summed E-state index contributed by atoms with van der Waals surface area (Å²) in [5.74, 6) is -0.137. The largest absolute Gasteiger partial charge is 0.491 e. The molecule has 0 radical (unpaired) electrons. The number of ether oxygens (including phenoxy) is 5. The normalized spacial score (nSPS) is 16.4. The molecular formula is C36H40N4O8S. The first kappa shape index (κ1) is 34.3. The number of fused-ring (bicyclic) bond motifs is 3. The number of carbonyl (C=O) groups is 3. The van der Waals surface area contributed by atoms with Crippen molar-refractivity contribution in [2.45, 2.75) is 28.7 Å². The van der Waals surface area contributed by atoms with Gasteiger partial charge in [0, 0.05) is 35.3 Å². The van der Waals surface area contributed by atoms with Crippen molar-refractivity contribution < 1.29 is 38.1 Å². The number of hydrogen-bond acceptors (Lipinski definition) is 11. The lowest BCUT2D eigenvalue weighted by Crippen LogP contribution is -2.51. The number of imide groups is 1. The minimum Gasteiger partial charge on any atom is -0.491 e. The van der Waals surface area contributed by atoms with Crippen molar-refractivity contribution in [1.29, 1.82) is 0 Å². The van der Waals surface area contributed by atoms with E-state index < -0.39 is 23.8 Å². The Labute approximate surface area is 289 Å². The average Bonchev–Trinajstić information content (AvgIpc) is 3.33. The number of carbonyl (C=O) groups excluding carboxylic acids is 3. The topological polar surface area (TPSA) is 128 Å². The van der Waals surface area contributed by atoms with Crippen LogP contribution in [0.3, 0.4) is 0 Å². The quantitative estimate of drug-likeness (QED) is 0.124. The molecule has 0 saturated carbocycles. The molecule has 3 heterocycles. The first-order chi connectivity index (χ1) is 23.8. The first-order valence-corrected chi connectivity index (χ1v) is 17.0. The zero-order valence-electron chi connectivity index (χ0n) is 27.6. The van der Waals surface area contributed by atoms with Gasteiger partial charge in [0.1, 0.15) is 30.8 Å². The fourth-order valence-corrected chi connectivity index (χ4v) is 6.67. The Kier molecular flexibility index (Phi) is 11.0. The predicted molar refractivity (Wildman–Crippen MR) is 185 cm³/mol. The SMILES string of the molecule is C=C1CCC(N2C(=O)c3ccc(OCCOCCOCCOCCOc4ccc5c(c4)Sc4cc(N(C)C)ccc4N5)cc3C2=O)C(=O)N1. The molecular weight excluding hydrogens is 648 g/mol. The van der Waals surface area contributed by atoms with Gasteiger partial charge in [-0.05, 0) is 67.4 Å². The van der Waals surface area contributed by atoms with Gasteiger partial charge in [0.25, 0.3) is 11.8 Å². The highest BCUT2D eigenvalue weighted by atomic mass is 32.2. The van der Waals surface area contributed by atoms with E-state index in [1.54, 1.807) is 23.9 Å². The van der Waals surface area contributed by atoms with Crippen LogP contribution in [0.2, 0.25) is 0 Å². The zero-order valence-corrected chi connectivity index (χ0v) is 28.4. The van der Waals surface area contributed by atoms with Gasteiger partial charge in [0.05, 0.1) is 62.1 Å². The van der Waals surface area contributed by atoms with Gasteiger partial charge in [-0.15, -0.1) is 0 Å². The van der Waals surface area contributed by atoms with Crippen molar-refractivity contribution in [1.82, 2.24) is 10.2 Å². The molecule has 3 aromatic rings. The second-order valence-corrected chi connectivity index (χ2v) is 12.9. The van der Waals surface area contributed by atoms with Gasteiger partial charge >= 0.3 is 0 Å². The van der Waals surface area contributed by atoms with Crippen molar-refractivity contribution in [3.8, 4) is 11.5 Å². The molecule has 3 aliphatic heterocycles. The molecule has 1 fully saturated rings. The molecule has 3 aliphatic rings. The molecule has 0 bridgehead atoms. The number of allylic oxidation sites excluding steroid dienone is 1. The lowest BCUT2D eigenvalue weighted by Gasteiger charge is -2.29. The summed E-state index contributed by atoms with van der Waals surface area (Å²) >= 11 is 1.73. The lowest BCUT2D eigenvalue weighted by molar-refractivity contribution is -0.125. The minimum absolute atomic E-state index is 0.225. The van der Waals surface area contributed by atoms with E-state index in [1.807, 2.05) is 32.3 Å². The standard InChI is InChI=1S/C36H40N4O8S/c1-23-4-11-31(34(41)37-23)40-35(42)27-8-6-25(21-28(27)36(40)43)47-18-16-45-14-12-44-13-15-46-17-19-48-26-7-10-30-33(22-26)49-32-20-24(39(2)3)5-9-29(32)38-30/h5-10,20-22,31,38H,1,4,11-19H2,2-3H3,(H,37,41). The van der Waals surface area contributed by atoms with Crippen LogP contribution in [0.15, 0.2) is 76.7 Å². The molecule has 0 aromatic heterocycles. The van der Waals surface area contributed by atoms with E-state index in [4.69, 9.17) is 23.7 Å². The third-order valence-electron chi connectivity index (χ3n) is 8.18.